The summed E-state index contributed by atoms with van der Waals surface area (Å²) in [5.41, 5.74) is -1.21. The third-order valence-corrected chi connectivity index (χ3v) is 3.22. The number of nitrogens with one attached hydrogen (secondary N) is 3. The van der Waals surface area contributed by atoms with E-state index in [4.69, 9.17) is 9.47 Å². The summed E-state index contributed by atoms with van der Waals surface area (Å²) in [7, 11) is 0. The second-order valence-electron chi connectivity index (χ2n) is 8.56. The van der Waals surface area contributed by atoms with Gasteiger partial charge in [-0.3, -0.25) is 4.79 Å². The van der Waals surface area contributed by atoms with Crippen LogP contribution in [-0.4, -0.2) is 59.5 Å². The van der Waals surface area contributed by atoms with Crippen molar-refractivity contribution in [2.24, 2.45) is 0 Å². The third kappa shape index (κ3) is 16.2. The zero-order valence-electron chi connectivity index (χ0n) is 18.2. The summed E-state index contributed by atoms with van der Waals surface area (Å²) in [5.74, 6) is -1.58. The molecule has 0 bridgehead atoms. The van der Waals surface area contributed by atoms with Crippen LogP contribution in [0.25, 0.3) is 0 Å². The Morgan fingerprint density at radius 1 is 0.828 bits per heavy atom. The maximum absolute atomic E-state index is 11.9. The zero-order valence-corrected chi connectivity index (χ0v) is 18.2. The van der Waals surface area contributed by atoms with Crippen molar-refractivity contribution in [2.45, 2.75) is 84.5 Å². The first-order chi connectivity index (χ1) is 13.2. The van der Waals surface area contributed by atoms with Crippen molar-refractivity contribution in [3.8, 4) is 0 Å². The first kappa shape index (κ1) is 26.5. The molecule has 0 aliphatic carbocycles. The quantitative estimate of drug-likeness (QED) is 0.399. The van der Waals surface area contributed by atoms with Gasteiger partial charge < -0.3 is 30.5 Å². The lowest BCUT2D eigenvalue weighted by molar-refractivity contribution is -0.142. The van der Waals surface area contributed by atoms with Crippen molar-refractivity contribution in [1.29, 1.82) is 0 Å². The van der Waals surface area contributed by atoms with Crippen LogP contribution in [0.4, 0.5) is 9.59 Å². The van der Waals surface area contributed by atoms with E-state index >= 15 is 0 Å². The summed E-state index contributed by atoms with van der Waals surface area (Å²) in [4.78, 5) is 46.2. The fraction of sp³-hybridized carbons (Fsp3) is 0.789. The van der Waals surface area contributed by atoms with Crippen molar-refractivity contribution in [2.75, 3.05) is 13.1 Å². The smallest absolute Gasteiger partial charge is 0.407 e. The second-order valence-corrected chi connectivity index (χ2v) is 8.56. The number of alkyl carbamates (subject to hydrolysis) is 2. The van der Waals surface area contributed by atoms with Crippen LogP contribution in [0, 0.1) is 0 Å². The highest BCUT2D eigenvalue weighted by atomic mass is 16.6. The zero-order chi connectivity index (χ0) is 22.7. The average molecular weight is 418 g/mol. The molecule has 0 spiro atoms. The van der Waals surface area contributed by atoms with Crippen LogP contribution in [0.5, 0.6) is 0 Å². The Balaban J connectivity index is 4.10. The van der Waals surface area contributed by atoms with E-state index in [0.29, 0.717) is 12.8 Å². The van der Waals surface area contributed by atoms with E-state index in [2.05, 4.69) is 16.0 Å². The van der Waals surface area contributed by atoms with Crippen LogP contribution >= 0.6 is 0 Å². The molecule has 0 unspecified atom stereocenters. The van der Waals surface area contributed by atoms with Crippen molar-refractivity contribution in [1.82, 2.24) is 16.0 Å². The Hall–Kier alpha value is -2.52. The van der Waals surface area contributed by atoms with Crippen LogP contribution in [0.2, 0.25) is 0 Å². The molecular formula is C19H35N3O7. The fourth-order valence-corrected chi connectivity index (χ4v) is 2.09. The van der Waals surface area contributed by atoms with Gasteiger partial charge in [-0.2, -0.15) is 0 Å². The number of hydrogen-bond acceptors (Lipinski definition) is 6. The molecule has 0 fully saturated rings. The minimum atomic E-state index is -1.15. The molecule has 29 heavy (non-hydrogen) atoms. The molecule has 0 saturated carbocycles. The van der Waals surface area contributed by atoms with Gasteiger partial charge >= 0.3 is 18.2 Å². The fourth-order valence-electron chi connectivity index (χ4n) is 2.09. The van der Waals surface area contributed by atoms with E-state index < -0.39 is 41.3 Å². The Kier molecular flexibility index (Phi) is 11.1. The highest BCUT2D eigenvalue weighted by Crippen LogP contribution is 2.07. The molecule has 0 aromatic heterocycles. The van der Waals surface area contributed by atoms with Gasteiger partial charge in [0.2, 0.25) is 5.91 Å². The summed E-state index contributed by atoms with van der Waals surface area (Å²) < 4.78 is 10.2. The standard InChI is InChI=1S/C19H35N3O7/c1-18(2,3)28-16(26)20-11-7-9-13(15(24)25)22-14(23)10-8-12-21-17(27)29-19(4,5)6/h13H,7-12H2,1-6H3,(H,20,26)(H,21,27)(H,22,23)(H,24,25)/t13-/m0/s1. The summed E-state index contributed by atoms with van der Waals surface area (Å²) in [6.07, 6.45) is -0.221. The van der Waals surface area contributed by atoms with Gasteiger partial charge in [-0.1, -0.05) is 0 Å². The van der Waals surface area contributed by atoms with Gasteiger partial charge in [0, 0.05) is 19.5 Å². The van der Waals surface area contributed by atoms with Gasteiger partial charge in [-0.05, 0) is 60.8 Å². The molecule has 3 amide bonds. The van der Waals surface area contributed by atoms with Gasteiger partial charge in [0.15, 0.2) is 0 Å². The van der Waals surface area contributed by atoms with E-state index in [1.54, 1.807) is 41.5 Å². The molecule has 0 aliphatic heterocycles. The van der Waals surface area contributed by atoms with E-state index in [9.17, 15) is 24.3 Å². The molecule has 0 radical (unpaired) electrons. The molecule has 4 N–H and O–H groups in total. The van der Waals surface area contributed by atoms with Crippen LogP contribution in [0.1, 0.15) is 67.2 Å². The lowest BCUT2D eigenvalue weighted by Gasteiger charge is -2.20. The third-order valence-electron chi connectivity index (χ3n) is 3.22. The highest BCUT2D eigenvalue weighted by Gasteiger charge is 2.20. The number of carbonyl (C=O) groups is 4. The summed E-state index contributed by atoms with van der Waals surface area (Å²) in [6.45, 7) is 10.9. The van der Waals surface area contributed by atoms with Gasteiger partial charge in [0.1, 0.15) is 17.2 Å². The number of carboxylic acids is 1. The highest BCUT2D eigenvalue weighted by molar-refractivity contribution is 5.83. The summed E-state index contributed by atoms with van der Waals surface area (Å²) in [6, 6.07) is -1.05. The van der Waals surface area contributed by atoms with E-state index in [-0.39, 0.29) is 25.9 Å². The normalized spacial score (nSPS) is 12.5. The van der Waals surface area contributed by atoms with Gasteiger partial charge in [0.25, 0.3) is 0 Å². The Morgan fingerprint density at radius 3 is 1.69 bits per heavy atom. The Bertz CT molecular complexity index is 565. The van der Waals surface area contributed by atoms with E-state index in [1.165, 1.54) is 0 Å². The number of carbonyl (C=O) groups excluding carboxylic acids is 3. The predicted molar refractivity (Wildman–Crippen MR) is 107 cm³/mol. The van der Waals surface area contributed by atoms with E-state index in [1.807, 2.05) is 0 Å². The summed E-state index contributed by atoms with van der Waals surface area (Å²) >= 11 is 0. The molecule has 0 rings (SSSR count). The van der Waals surface area contributed by atoms with Crippen LogP contribution < -0.4 is 16.0 Å². The number of rotatable bonds is 10. The lowest BCUT2D eigenvalue weighted by atomic mass is 10.1. The van der Waals surface area contributed by atoms with Crippen molar-refractivity contribution in [3.63, 3.8) is 0 Å². The molecule has 0 heterocycles. The minimum absolute atomic E-state index is 0.0652. The molecule has 0 aromatic rings. The SMILES string of the molecule is CC(C)(C)OC(=O)NCCCC(=O)N[C@@H](CCCNC(=O)OC(C)(C)C)C(=O)O. The van der Waals surface area contributed by atoms with Gasteiger partial charge in [-0.15, -0.1) is 0 Å². The van der Waals surface area contributed by atoms with Crippen molar-refractivity contribution < 1.29 is 33.8 Å². The Labute approximate surface area is 172 Å². The Morgan fingerprint density at radius 2 is 1.28 bits per heavy atom. The first-order valence-corrected chi connectivity index (χ1v) is 9.65. The number of ether oxygens (including phenoxy) is 2. The minimum Gasteiger partial charge on any atom is -0.480 e. The maximum Gasteiger partial charge on any atom is 0.407 e. The van der Waals surface area contributed by atoms with Crippen molar-refractivity contribution in [3.05, 3.63) is 0 Å². The number of amides is 3. The molecule has 10 nitrogen and oxygen atoms in total. The molecule has 0 saturated heterocycles. The molecule has 0 aliphatic rings. The van der Waals surface area contributed by atoms with Crippen LogP contribution in [0.15, 0.2) is 0 Å². The second kappa shape index (κ2) is 12.1. The number of carboxylic acid groups (broad SMARTS) is 1. The maximum atomic E-state index is 11.9. The molecule has 0 aromatic carbocycles. The number of hydrogen-bond donors (Lipinski definition) is 4. The predicted octanol–water partition coefficient (Wildman–Crippen LogP) is 2.17. The van der Waals surface area contributed by atoms with Crippen molar-refractivity contribution >= 4 is 24.1 Å². The molecule has 1 atom stereocenters. The first-order valence-electron chi connectivity index (χ1n) is 9.65. The van der Waals surface area contributed by atoms with Crippen LogP contribution in [-0.2, 0) is 19.1 Å². The summed E-state index contributed by atoms with van der Waals surface area (Å²) in [5, 5.41) is 16.7. The number of aliphatic carboxylic acids is 1. The largest absolute Gasteiger partial charge is 0.480 e. The lowest BCUT2D eigenvalue weighted by Crippen LogP contribution is -2.41. The van der Waals surface area contributed by atoms with Gasteiger partial charge in [-0.25, -0.2) is 14.4 Å². The molecule has 10 heteroatoms. The van der Waals surface area contributed by atoms with Gasteiger partial charge in [0.05, 0.1) is 0 Å². The average Bonchev–Trinajstić information content (AvgIpc) is 2.50. The topological polar surface area (TPSA) is 143 Å². The molecular weight excluding hydrogens is 382 g/mol. The van der Waals surface area contributed by atoms with Crippen LogP contribution in [0.3, 0.4) is 0 Å². The molecule has 168 valence electrons. The monoisotopic (exact) mass is 417 g/mol. The van der Waals surface area contributed by atoms with E-state index in [0.717, 1.165) is 0 Å².